The Hall–Kier alpha value is -0.120. The molecule has 2 fully saturated rings. The average molecular weight is 267 g/mol. The summed E-state index contributed by atoms with van der Waals surface area (Å²) in [6.45, 7) is 14.7. The van der Waals surface area contributed by atoms with Crippen molar-refractivity contribution in [2.24, 2.45) is 5.92 Å². The van der Waals surface area contributed by atoms with Crippen LogP contribution in [0.5, 0.6) is 0 Å². The van der Waals surface area contributed by atoms with E-state index in [0.717, 1.165) is 5.92 Å². The molecule has 2 saturated heterocycles. The fourth-order valence-electron chi connectivity index (χ4n) is 3.76. The maximum atomic E-state index is 3.85. The first kappa shape index (κ1) is 15.3. The predicted octanol–water partition coefficient (Wildman–Crippen LogP) is 2.18. The molecule has 2 heterocycles. The summed E-state index contributed by atoms with van der Waals surface area (Å²) in [4.78, 5) is 5.20. The molecule has 1 N–H and O–H groups in total. The van der Waals surface area contributed by atoms with Crippen LogP contribution in [-0.4, -0.2) is 61.2 Å². The molecule has 0 spiro atoms. The lowest BCUT2D eigenvalue weighted by Gasteiger charge is -2.36. The van der Waals surface area contributed by atoms with Crippen LogP contribution in [0.25, 0.3) is 0 Å². The first-order chi connectivity index (χ1) is 9.19. The Morgan fingerprint density at radius 2 is 1.63 bits per heavy atom. The summed E-state index contributed by atoms with van der Waals surface area (Å²) in [5.41, 5.74) is 0. The van der Waals surface area contributed by atoms with Crippen LogP contribution < -0.4 is 5.32 Å². The Morgan fingerprint density at radius 1 is 1.00 bits per heavy atom. The van der Waals surface area contributed by atoms with Gasteiger partial charge in [0.2, 0.25) is 0 Å². The van der Waals surface area contributed by atoms with Gasteiger partial charge < -0.3 is 15.1 Å². The van der Waals surface area contributed by atoms with Gasteiger partial charge in [-0.05, 0) is 78.2 Å². The number of hydrogen-bond acceptors (Lipinski definition) is 3. The minimum Gasteiger partial charge on any atom is -0.310 e. The van der Waals surface area contributed by atoms with Crippen molar-refractivity contribution in [2.45, 2.75) is 58.5 Å². The number of piperidine rings is 1. The highest BCUT2D eigenvalue weighted by atomic mass is 15.2. The van der Waals surface area contributed by atoms with E-state index in [-0.39, 0.29) is 0 Å². The van der Waals surface area contributed by atoms with Crippen molar-refractivity contribution in [3.8, 4) is 0 Å². The zero-order valence-corrected chi connectivity index (χ0v) is 13.2. The SMILES string of the molecule is CCN1CCC(C(C)NC(C)CN2CCCC2)CC1. The van der Waals surface area contributed by atoms with E-state index < -0.39 is 0 Å². The van der Waals surface area contributed by atoms with E-state index in [1.807, 2.05) is 0 Å². The van der Waals surface area contributed by atoms with Gasteiger partial charge in [-0.2, -0.15) is 0 Å². The molecular formula is C16H33N3. The first-order valence-electron chi connectivity index (χ1n) is 8.39. The topological polar surface area (TPSA) is 18.5 Å². The van der Waals surface area contributed by atoms with E-state index in [4.69, 9.17) is 0 Å². The van der Waals surface area contributed by atoms with Gasteiger partial charge in [0.1, 0.15) is 0 Å². The molecule has 3 heteroatoms. The normalized spacial score (nSPS) is 26.7. The zero-order valence-electron chi connectivity index (χ0n) is 13.2. The zero-order chi connectivity index (χ0) is 13.7. The number of hydrogen-bond donors (Lipinski definition) is 1. The second kappa shape index (κ2) is 7.61. The van der Waals surface area contributed by atoms with Gasteiger partial charge in [-0.3, -0.25) is 0 Å². The molecule has 2 rings (SSSR count). The van der Waals surface area contributed by atoms with Crippen molar-refractivity contribution in [2.75, 3.05) is 39.3 Å². The van der Waals surface area contributed by atoms with Gasteiger partial charge in [-0.1, -0.05) is 6.92 Å². The Bertz CT molecular complexity index is 242. The molecule has 2 aliphatic rings. The van der Waals surface area contributed by atoms with Gasteiger partial charge in [-0.15, -0.1) is 0 Å². The maximum absolute atomic E-state index is 3.85. The number of nitrogens with one attached hydrogen (secondary N) is 1. The summed E-state index contributed by atoms with van der Waals surface area (Å²) in [5, 5.41) is 3.85. The maximum Gasteiger partial charge on any atom is 0.0169 e. The minimum atomic E-state index is 0.636. The summed E-state index contributed by atoms with van der Waals surface area (Å²) in [7, 11) is 0. The van der Waals surface area contributed by atoms with E-state index in [2.05, 4.69) is 35.9 Å². The van der Waals surface area contributed by atoms with Crippen molar-refractivity contribution in [1.82, 2.24) is 15.1 Å². The van der Waals surface area contributed by atoms with E-state index >= 15 is 0 Å². The third kappa shape index (κ3) is 4.73. The molecular weight excluding hydrogens is 234 g/mol. The van der Waals surface area contributed by atoms with Gasteiger partial charge in [0.25, 0.3) is 0 Å². The summed E-state index contributed by atoms with van der Waals surface area (Å²) < 4.78 is 0. The fourth-order valence-corrected chi connectivity index (χ4v) is 3.76. The molecule has 0 amide bonds. The average Bonchev–Trinajstić information content (AvgIpc) is 2.91. The Morgan fingerprint density at radius 3 is 2.21 bits per heavy atom. The van der Waals surface area contributed by atoms with Gasteiger partial charge in [0.15, 0.2) is 0 Å². The van der Waals surface area contributed by atoms with Gasteiger partial charge in [0, 0.05) is 18.6 Å². The van der Waals surface area contributed by atoms with Crippen LogP contribution in [0.2, 0.25) is 0 Å². The highest BCUT2D eigenvalue weighted by Crippen LogP contribution is 2.20. The molecule has 2 aliphatic heterocycles. The molecule has 3 nitrogen and oxygen atoms in total. The summed E-state index contributed by atoms with van der Waals surface area (Å²) in [5.74, 6) is 0.879. The van der Waals surface area contributed by atoms with Crippen LogP contribution in [0.15, 0.2) is 0 Å². The second-order valence-electron chi connectivity index (χ2n) is 6.64. The number of nitrogens with zero attached hydrogens (tertiary/aromatic N) is 2. The van der Waals surface area contributed by atoms with Crippen molar-refractivity contribution in [3.63, 3.8) is 0 Å². The standard InChI is InChI=1S/C16H33N3/c1-4-18-11-7-16(8-12-18)15(3)17-14(2)13-19-9-5-6-10-19/h14-17H,4-13H2,1-3H3. The van der Waals surface area contributed by atoms with Crippen molar-refractivity contribution < 1.29 is 0 Å². The third-order valence-electron chi connectivity index (χ3n) is 5.06. The smallest absolute Gasteiger partial charge is 0.0169 e. The second-order valence-corrected chi connectivity index (χ2v) is 6.64. The highest BCUT2D eigenvalue weighted by Gasteiger charge is 2.24. The molecule has 2 atom stereocenters. The molecule has 0 aromatic heterocycles. The quantitative estimate of drug-likeness (QED) is 0.796. The van der Waals surface area contributed by atoms with Crippen LogP contribution >= 0.6 is 0 Å². The number of likely N-dealkylation sites (tertiary alicyclic amines) is 2. The monoisotopic (exact) mass is 267 g/mol. The molecule has 0 saturated carbocycles. The largest absolute Gasteiger partial charge is 0.310 e. The van der Waals surface area contributed by atoms with E-state index in [0.29, 0.717) is 12.1 Å². The van der Waals surface area contributed by atoms with Crippen molar-refractivity contribution in [1.29, 1.82) is 0 Å². The minimum absolute atomic E-state index is 0.636. The molecule has 0 bridgehead atoms. The third-order valence-corrected chi connectivity index (χ3v) is 5.06. The van der Waals surface area contributed by atoms with Crippen LogP contribution in [-0.2, 0) is 0 Å². The van der Waals surface area contributed by atoms with Crippen molar-refractivity contribution in [3.05, 3.63) is 0 Å². The predicted molar refractivity (Wildman–Crippen MR) is 82.6 cm³/mol. The van der Waals surface area contributed by atoms with Crippen molar-refractivity contribution >= 4 is 0 Å². The lowest BCUT2D eigenvalue weighted by molar-refractivity contribution is 0.161. The molecule has 2 unspecified atom stereocenters. The van der Waals surface area contributed by atoms with Crippen LogP contribution in [0.1, 0.15) is 46.5 Å². The molecule has 0 aromatic rings. The van der Waals surface area contributed by atoms with E-state index in [1.54, 1.807) is 0 Å². The number of rotatable bonds is 6. The molecule has 112 valence electrons. The molecule has 0 aliphatic carbocycles. The Labute approximate surface area is 119 Å². The van der Waals surface area contributed by atoms with Gasteiger partial charge in [0.05, 0.1) is 0 Å². The molecule has 19 heavy (non-hydrogen) atoms. The summed E-state index contributed by atoms with van der Waals surface area (Å²) >= 11 is 0. The van der Waals surface area contributed by atoms with Gasteiger partial charge >= 0.3 is 0 Å². The summed E-state index contributed by atoms with van der Waals surface area (Å²) in [6, 6.07) is 1.31. The Balaban J connectivity index is 1.66. The van der Waals surface area contributed by atoms with E-state index in [9.17, 15) is 0 Å². The lowest BCUT2D eigenvalue weighted by Crippen LogP contribution is -2.47. The summed E-state index contributed by atoms with van der Waals surface area (Å²) in [6.07, 6.45) is 5.55. The van der Waals surface area contributed by atoms with Crippen LogP contribution in [0.4, 0.5) is 0 Å². The van der Waals surface area contributed by atoms with E-state index in [1.165, 1.54) is 65.0 Å². The first-order valence-corrected chi connectivity index (χ1v) is 8.39. The van der Waals surface area contributed by atoms with Gasteiger partial charge in [-0.25, -0.2) is 0 Å². The van der Waals surface area contributed by atoms with Crippen LogP contribution in [0, 0.1) is 5.92 Å². The highest BCUT2D eigenvalue weighted by molar-refractivity contribution is 4.82. The van der Waals surface area contributed by atoms with Crippen LogP contribution in [0.3, 0.4) is 0 Å². The fraction of sp³-hybridized carbons (Fsp3) is 1.00. The molecule has 0 aromatic carbocycles. The lowest BCUT2D eigenvalue weighted by atomic mass is 9.90. The Kier molecular flexibility index (Phi) is 6.11. The molecule has 0 radical (unpaired) electrons.